The van der Waals surface area contributed by atoms with Crippen molar-refractivity contribution in [2.45, 2.75) is 10.6 Å². The Labute approximate surface area is 123 Å². The summed E-state index contributed by atoms with van der Waals surface area (Å²) in [5.74, 6) is 1.05. The predicted octanol–water partition coefficient (Wildman–Crippen LogP) is 4.42. The third kappa shape index (κ3) is 2.86. The fraction of sp³-hybridized carbons (Fsp3) is 0.0714. The van der Waals surface area contributed by atoms with Crippen molar-refractivity contribution in [2.24, 2.45) is 0 Å². The Balaban J connectivity index is 1.71. The molecular formula is C14H11FN2OS2. The molecule has 3 nitrogen and oxygen atoms in total. The van der Waals surface area contributed by atoms with E-state index in [9.17, 15) is 4.39 Å². The highest BCUT2D eigenvalue weighted by Crippen LogP contribution is 2.30. The summed E-state index contributed by atoms with van der Waals surface area (Å²) >= 11 is 3.04. The van der Waals surface area contributed by atoms with Gasteiger partial charge in [0.15, 0.2) is 5.76 Å². The SMILES string of the molecule is Nc1ccc(F)cc1SCc1cc(-c2cccs2)on1. The van der Waals surface area contributed by atoms with E-state index in [0.29, 0.717) is 16.3 Å². The zero-order valence-corrected chi connectivity index (χ0v) is 12.0. The topological polar surface area (TPSA) is 52.0 Å². The van der Waals surface area contributed by atoms with E-state index in [1.54, 1.807) is 17.4 Å². The number of nitrogens with two attached hydrogens (primary N) is 1. The number of hydrogen-bond acceptors (Lipinski definition) is 5. The molecule has 2 N–H and O–H groups in total. The molecule has 3 aromatic rings. The van der Waals surface area contributed by atoms with Gasteiger partial charge < -0.3 is 10.3 Å². The first-order chi connectivity index (χ1) is 9.72. The lowest BCUT2D eigenvalue weighted by Crippen LogP contribution is -1.90. The molecule has 0 saturated carbocycles. The molecule has 102 valence electrons. The van der Waals surface area contributed by atoms with Gasteiger partial charge >= 0.3 is 0 Å². The van der Waals surface area contributed by atoms with Crippen molar-refractivity contribution >= 4 is 28.8 Å². The molecule has 0 saturated heterocycles. The minimum absolute atomic E-state index is 0.291. The lowest BCUT2D eigenvalue weighted by Gasteiger charge is -2.03. The molecule has 0 amide bonds. The smallest absolute Gasteiger partial charge is 0.177 e. The molecule has 20 heavy (non-hydrogen) atoms. The molecule has 0 radical (unpaired) electrons. The Morgan fingerprint density at radius 1 is 1.30 bits per heavy atom. The van der Waals surface area contributed by atoms with Gasteiger partial charge in [-0.05, 0) is 29.6 Å². The summed E-state index contributed by atoms with van der Waals surface area (Å²) in [6, 6.07) is 10.2. The zero-order valence-electron chi connectivity index (χ0n) is 10.4. The maximum atomic E-state index is 13.2. The summed E-state index contributed by atoms with van der Waals surface area (Å²) in [7, 11) is 0. The van der Waals surface area contributed by atoms with E-state index < -0.39 is 0 Å². The fourth-order valence-corrected chi connectivity index (χ4v) is 3.24. The zero-order chi connectivity index (χ0) is 13.9. The van der Waals surface area contributed by atoms with Gasteiger partial charge in [0.25, 0.3) is 0 Å². The van der Waals surface area contributed by atoms with Crippen LogP contribution in [0, 0.1) is 5.82 Å². The largest absolute Gasteiger partial charge is 0.398 e. The van der Waals surface area contributed by atoms with Crippen LogP contribution in [0.5, 0.6) is 0 Å². The van der Waals surface area contributed by atoms with E-state index in [2.05, 4.69) is 5.16 Å². The maximum Gasteiger partial charge on any atom is 0.177 e. The second kappa shape index (κ2) is 5.68. The molecule has 0 aliphatic rings. The Hall–Kier alpha value is -1.79. The normalized spacial score (nSPS) is 10.8. The molecule has 0 atom stereocenters. The minimum atomic E-state index is -0.291. The van der Waals surface area contributed by atoms with Crippen LogP contribution in [0.2, 0.25) is 0 Å². The summed E-state index contributed by atoms with van der Waals surface area (Å²) < 4.78 is 18.5. The molecule has 0 unspecified atom stereocenters. The van der Waals surface area contributed by atoms with Gasteiger partial charge in [0.05, 0.1) is 10.6 Å². The van der Waals surface area contributed by atoms with Gasteiger partial charge in [-0.1, -0.05) is 11.2 Å². The Morgan fingerprint density at radius 3 is 3.00 bits per heavy atom. The number of rotatable bonds is 4. The molecule has 0 aliphatic heterocycles. The molecule has 6 heteroatoms. The van der Waals surface area contributed by atoms with Crippen molar-refractivity contribution < 1.29 is 8.91 Å². The van der Waals surface area contributed by atoms with Gasteiger partial charge in [-0.3, -0.25) is 0 Å². The number of halogens is 1. The first-order valence-electron chi connectivity index (χ1n) is 5.89. The molecule has 0 aliphatic carbocycles. The second-order valence-corrected chi connectivity index (χ2v) is 6.10. The van der Waals surface area contributed by atoms with Crippen molar-refractivity contribution in [3.05, 3.63) is 53.3 Å². The van der Waals surface area contributed by atoms with Gasteiger partial charge in [-0.2, -0.15) is 0 Å². The number of nitrogen functional groups attached to an aromatic ring is 1. The van der Waals surface area contributed by atoms with E-state index in [1.165, 1.54) is 23.9 Å². The van der Waals surface area contributed by atoms with Crippen LogP contribution < -0.4 is 5.73 Å². The maximum absolute atomic E-state index is 13.2. The number of anilines is 1. The number of hydrogen-bond donors (Lipinski definition) is 1. The quantitative estimate of drug-likeness (QED) is 0.573. The summed E-state index contributed by atoms with van der Waals surface area (Å²) in [6.45, 7) is 0. The highest BCUT2D eigenvalue weighted by Gasteiger charge is 2.09. The van der Waals surface area contributed by atoms with Crippen molar-refractivity contribution in [2.75, 3.05) is 5.73 Å². The van der Waals surface area contributed by atoms with Crippen molar-refractivity contribution in [3.8, 4) is 10.6 Å². The summed E-state index contributed by atoms with van der Waals surface area (Å²) in [6.07, 6.45) is 0. The van der Waals surface area contributed by atoms with Crippen LogP contribution in [-0.2, 0) is 5.75 Å². The Kier molecular flexibility index (Phi) is 3.75. The van der Waals surface area contributed by atoms with E-state index in [4.69, 9.17) is 10.3 Å². The predicted molar refractivity (Wildman–Crippen MR) is 80.2 cm³/mol. The van der Waals surface area contributed by atoms with Crippen molar-refractivity contribution in [1.82, 2.24) is 5.16 Å². The second-order valence-electron chi connectivity index (χ2n) is 4.13. The van der Waals surface area contributed by atoms with Gasteiger partial charge in [-0.15, -0.1) is 23.1 Å². The van der Waals surface area contributed by atoms with Crippen LogP contribution in [0.1, 0.15) is 5.69 Å². The number of thioether (sulfide) groups is 1. The van der Waals surface area contributed by atoms with Crippen LogP contribution in [0.4, 0.5) is 10.1 Å². The highest BCUT2D eigenvalue weighted by atomic mass is 32.2. The first-order valence-corrected chi connectivity index (χ1v) is 7.76. The van der Waals surface area contributed by atoms with Crippen LogP contribution in [0.25, 0.3) is 10.6 Å². The van der Waals surface area contributed by atoms with Crippen LogP contribution in [-0.4, -0.2) is 5.16 Å². The lowest BCUT2D eigenvalue weighted by molar-refractivity contribution is 0.427. The van der Waals surface area contributed by atoms with E-state index >= 15 is 0 Å². The third-order valence-corrected chi connectivity index (χ3v) is 4.66. The fourth-order valence-electron chi connectivity index (χ4n) is 1.70. The van der Waals surface area contributed by atoms with E-state index in [0.717, 1.165) is 16.3 Å². The number of benzene rings is 1. The van der Waals surface area contributed by atoms with Crippen molar-refractivity contribution in [3.63, 3.8) is 0 Å². The number of aromatic nitrogens is 1. The first kappa shape index (κ1) is 13.2. The van der Waals surface area contributed by atoms with Gasteiger partial charge in [0.1, 0.15) is 5.82 Å². The Bertz CT molecular complexity index is 710. The highest BCUT2D eigenvalue weighted by molar-refractivity contribution is 7.98. The average molecular weight is 306 g/mol. The van der Waals surface area contributed by atoms with Gasteiger partial charge in [0.2, 0.25) is 0 Å². The summed E-state index contributed by atoms with van der Waals surface area (Å²) in [5.41, 5.74) is 7.18. The van der Waals surface area contributed by atoms with Gasteiger partial charge in [0, 0.05) is 22.4 Å². The monoisotopic (exact) mass is 306 g/mol. The van der Waals surface area contributed by atoms with Crippen LogP contribution >= 0.6 is 23.1 Å². The minimum Gasteiger partial charge on any atom is -0.398 e. The van der Waals surface area contributed by atoms with Crippen molar-refractivity contribution in [1.29, 1.82) is 0 Å². The van der Waals surface area contributed by atoms with Crippen LogP contribution in [0.15, 0.2) is 51.2 Å². The number of thiophene rings is 1. The summed E-state index contributed by atoms with van der Waals surface area (Å²) in [4.78, 5) is 1.75. The molecule has 2 heterocycles. The number of nitrogens with zero attached hydrogens (tertiary/aromatic N) is 1. The average Bonchev–Trinajstić information content (AvgIpc) is 3.09. The molecule has 2 aromatic heterocycles. The Morgan fingerprint density at radius 2 is 2.20 bits per heavy atom. The van der Waals surface area contributed by atoms with E-state index in [1.807, 2.05) is 23.6 Å². The van der Waals surface area contributed by atoms with Gasteiger partial charge in [-0.25, -0.2) is 4.39 Å². The van der Waals surface area contributed by atoms with Crippen LogP contribution in [0.3, 0.4) is 0 Å². The summed E-state index contributed by atoms with van der Waals surface area (Å²) in [5, 5.41) is 6.00. The molecule has 0 bridgehead atoms. The molecule has 3 rings (SSSR count). The molecule has 0 fully saturated rings. The lowest BCUT2D eigenvalue weighted by atomic mass is 10.3. The third-order valence-electron chi connectivity index (χ3n) is 2.67. The standard InChI is InChI=1S/C14H11FN2OS2/c15-9-3-4-11(16)14(6-9)20-8-10-7-12(18-17-10)13-2-1-5-19-13/h1-7H,8,16H2. The molecule has 1 aromatic carbocycles. The molecular weight excluding hydrogens is 295 g/mol. The molecule has 0 spiro atoms. The van der Waals surface area contributed by atoms with E-state index in [-0.39, 0.29) is 5.82 Å².